The molecule has 1 unspecified atom stereocenters. The van der Waals surface area contributed by atoms with Crippen LogP contribution in [0.5, 0.6) is 0 Å². The molecule has 0 spiro atoms. The summed E-state index contributed by atoms with van der Waals surface area (Å²) in [6.45, 7) is 5.51. The van der Waals surface area contributed by atoms with Crippen molar-refractivity contribution in [3.05, 3.63) is 0 Å². The van der Waals surface area contributed by atoms with Gasteiger partial charge >= 0.3 is 0 Å². The number of rotatable bonds is 4. The SMILES string of the molecule is CC1(CCOC=O)CCCNC1. The molecule has 70 valence electrons. The molecule has 1 rings (SSSR count). The zero-order valence-electron chi connectivity index (χ0n) is 7.64. The number of nitrogens with one attached hydrogen (secondary N) is 1. The van der Waals surface area contributed by atoms with Crippen molar-refractivity contribution in [1.29, 1.82) is 0 Å². The highest BCUT2D eigenvalue weighted by molar-refractivity contribution is 5.36. The summed E-state index contributed by atoms with van der Waals surface area (Å²) in [5.74, 6) is 0. The molecule has 0 aliphatic carbocycles. The van der Waals surface area contributed by atoms with Crippen LogP contribution in [-0.2, 0) is 9.53 Å². The third kappa shape index (κ3) is 2.81. The Labute approximate surface area is 73.5 Å². The quantitative estimate of drug-likeness (QED) is 0.505. The predicted octanol–water partition coefficient (Wildman–Crippen LogP) is 0.939. The fourth-order valence-corrected chi connectivity index (χ4v) is 1.69. The number of ether oxygens (including phenoxy) is 1. The topological polar surface area (TPSA) is 38.3 Å². The van der Waals surface area contributed by atoms with Crippen LogP contribution in [0.3, 0.4) is 0 Å². The van der Waals surface area contributed by atoms with Crippen molar-refractivity contribution in [1.82, 2.24) is 5.32 Å². The lowest BCUT2D eigenvalue weighted by molar-refractivity contribution is -0.129. The van der Waals surface area contributed by atoms with Gasteiger partial charge in [-0.3, -0.25) is 4.79 Å². The number of hydrogen-bond donors (Lipinski definition) is 1. The molecule has 0 aromatic rings. The minimum Gasteiger partial charge on any atom is -0.468 e. The zero-order chi connectivity index (χ0) is 8.86. The molecule has 0 radical (unpaired) electrons. The Hall–Kier alpha value is -0.570. The van der Waals surface area contributed by atoms with E-state index in [1.165, 1.54) is 12.8 Å². The van der Waals surface area contributed by atoms with E-state index in [2.05, 4.69) is 12.2 Å². The zero-order valence-corrected chi connectivity index (χ0v) is 7.64. The molecule has 1 fully saturated rings. The number of carbonyl (C=O) groups excluding carboxylic acids is 1. The van der Waals surface area contributed by atoms with Crippen LogP contribution in [0.2, 0.25) is 0 Å². The van der Waals surface area contributed by atoms with Crippen molar-refractivity contribution in [2.75, 3.05) is 19.7 Å². The van der Waals surface area contributed by atoms with Crippen molar-refractivity contribution < 1.29 is 9.53 Å². The van der Waals surface area contributed by atoms with E-state index in [0.29, 0.717) is 18.5 Å². The van der Waals surface area contributed by atoms with Crippen molar-refractivity contribution in [3.8, 4) is 0 Å². The van der Waals surface area contributed by atoms with E-state index in [4.69, 9.17) is 4.74 Å². The normalized spacial score (nSPS) is 29.8. The summed E-state index contributed by atoms with van der Waals surface area (Å²) in [6.07, 6.45) is 3.44. The second-order valence-corrected chi connectivity index (χ2v) is 3.81. The van der Waals surface area contributed by atoms with Gasteiger partial charge in [0, 0.05) is 6.54 Å². The molecule has 1 aliphatic heterocycles. The van der Waals surface area contributed by atoms with Gasteiger partial charge in [0.05, 0.1) is 6.61 Å². The number of piperidine rings is 1. The highest BCUT2D eigenvalue weighted by atomic mass is 16.5. The second kappa shape index (κ2) is 4.45. The minimum atomic E-state index is 0.335. The van der Waals surface area contributed by atoms with Gasteiger partial charge in [-0.15, -0.1) is 0 Å². The molecule has 1 heterocycles. The molecule has 1 atom stereocenters. The van der Waals surface area contributed by atoms with Gasteiger partial charge < -0.3 is 10.1 Å². The maximum atomic E-state index is 9.91. The fraction of sp³-hybridized carbons (Fsp3) is 0.889. The molecule has 0 bridgehead atoms. The molecule has 0 aromatic carbocycles. The fourth-order valence-electron chi connectivity index (χ4n) is 1.69. The van der Waals surface area contributed by atoms with E-state index < -0.39 is 0 Å². The van der Waals surface area contributed by atoms with E-state index in [1.807, 2.05) is 0 Å². The van der Waals surface area contributed by atoms with Gasteiger partial charge in [0.25, 0.3) is 6.47 Å². The first kappa shape index (κ1) is 9.52. The molecule has 1 N–H and O–H groups in total. The van der Waals surface area contributed by atoms with Crippen molar-refractivity contribution in [2.24, 2.45) is 5.41 Å². The Morgan fingerprint density at radius 3 is 3.08 bits per heavy atom. The largest absolute Gasteiger partial charge is 0.468 e. The van der Waals surface area contributed by atoms with Crippen LogP contribution >= 0.6 is 0 Å². The van der Waals surface area contributed by atoms with Crippen LogP contribution < -0.4 is 5.32 Å². The van der Waals surface area contributed by atoms with Crippen molar-refractivity contribution >= 4 is 6.47 Å². The third-order valence-corrected chi connectivity index (χ3v) is 2.58. The first-order valence-electron chi connectivity index (χ1n) is 4.53. The number of carbonyl (C=O) groups is 1. The van der Waals surface area contributed by atoms with Crippen LogP contribution in [0.4, 0.5) is 0 Å². The van der Waals surface area contributed by atoms with Gasteiger partial charge in [-0.05, 0) is 31.2 Å². The summed E-state index contributed by atoms with van der Waals surface area (Å²) >= 11 is 0. The maximum absolute atomic E-state index is 9.91. The average Bonchev–Trinajstić information content (AvgIpc) is 2.06. The Morgan fingerprint density at radius 2 is 2.50 bits per heavy atom. The van der Waals surface area contributed by atoms with Gasteiger partial charge in [0.15, 0.2) is 0 Å². The Kier molecular flexibility index (Phi) is 3.53. The van der Waals surface area contributed by atoms with Crippen molar-refractivity contribution in [3.63, 3.8) is 0 Å². The van der Waals surface area contributed by atoms with E-state index >= 15 is 0 Å². The average molecular weight is 171 g/mol. The first-order chi connectivity index (χ1) is 5.77. The summed E-state index contributed by atoms with van der Waals surface area (Å²) in [5, 5.41) is 3.36. The molecule has 3 heteroatoms. The van der Waals surface area contributed by atoms with Crippen molar-refractivity contribution in [2.45, 2.75) is 26.2 Å². The second-order valence-electron chi connectivity index (χ2n) is 3.81. The van der Waals surface area contributed by atoms with E-state index in [1.54, 1.807) is 0 Å². The lowest BCUT2D eigenvalue weighted by Crippen LogP contribution is -2.38. The molecular weight excluding hydrogens is 154 g/mol. The van der Waals surface area contributed by atoms with Crippen LogP contribution in [0.1, 0.15) is 26.2 Å². The van der Waals surface area contributed by atoms with Gasteiger partial charge in [-0.2, -0.15) is 0 Å². The third-order valence-electron chi connectivity index (χ3n) is 2.58. The highest BCUT2D eigenvalue weighted by Gasteiger charge is 2.26. The number of hydrogen-bond acceptors (Lipinski definition) is 3. The van der Waals surface area contributed by atoms with Gasteiger partial charge in [-0.25, -0.2) is 0 Å². The van der Waals surface area contributed by atoms with E-state index in [-0.39, 0.29) is 0 Å². The summed E-state index contributed by atoms with van der Waals surface area (Å²) in [7, 11) is 0. The Bertz CT molecular complexity index is 141. The molecule has 12 heavy (non-hydrogen) atoms. The summed E-state index contributed by atoms with van der Waals surface area (Å²) < 4.78 is 4.69. The van der Waals surface area contributed by atoms with Crippen LogP contribution in [-0.4, -0.2) is 26.2 Å². The first-order valence-corrected chi connectivity index (χ1v) is 4.53. The smallest absolute Gasteiger partial charge is 0.293 e. The summed E-state index contributed by atoms with van der Waals surface area (Å²) in [6, 6.07) is 0. The molecule has 1 aliphatic rings. The van der Waals surface area contributed by atoms with Gasteiger partial charge in [0.1, 0.15) is 0 Å². The van der Waals surface area contributed by atoms with Gasteiger partial charge in [0.2, 0.25) is 0 Å². The van der Waals surface area contributed by atoms with E-state index in [9.17, 15) is 4.79 Å². The van der Waals surface area contributed by atoms with Crippen LogP contribution in [0.15, 0.2) is 0 Å². The predicted molar refractivity (Wildman–Crippen MR) is 46.8 cm³/mol. The summed E-state index contributed by atoms with van der Waals surface area (Å²) in [5.41, 5.74) is 0.335. The maximum Gasteiger partial charge on any atom is 0.293 e. The van der Waals surface area contributed by atoms with Crippen LogP contribution in [0, 0.1) is 5.41 Å². The molecule has 0 amide bonds. The molecular formula is C9H17NO2. The monoisotopic (exact) mass is 171 g/mol. The highest BCUT2D eigenvalue weighted by Crippen LogP contribution is 2.28. The lowest BCUT2D eigenvalue weighted by atomic mass is 9.80. The Balaban J connectivity index is 2.21. The van der Waals surface area contributed by atoms with Gasteiger partial charge in [-0.1, -0.05) is 6.92 Å². The Morgan fingerprint density at radius 1 is 1.67 bits per heavy atom. The van der Waals surface area contributed by atoms with E-state index in [0.717, 1.165) is 19.5 Å². The minimum absolute atomic E-state index is 0.335. The van der Waals surface area contributed by atoms with Crippen LogP contribution in [0.25, 0.3) is 0 Å². The lowest BCUT2D eigenvalue weighted by Gasteiger charge is -2.33. The molecule has 0 aromatic heterocycles. The standard InChI is InChI=1S/C9H17NO2/c1-9(4-6-12-8-11)3-2-5-10-7-9/h8,10H,2-7H2,1H3. The molecule has 0 saturated carbocycles. The summed E-state index contributed by atoms with van der Waals surface area (Å²) in [4.78, 5) is 9.91. The molecule has 3 nitrogen and oxygen atoms in total. The molecule has 1 saturated heterocycles.